The summed E-state index contributed by atoms with van der Waals surface area (Å²) in [7, 11) is 0. The molecule has 0 heterocycles. The number of nitro groups is 1. The summed E-state index contributed by atoms with van der Waals surface area (Å²) in [4.78, 5) is 10.2. The lowest BCUT2D eigenvalue weighted by atomic mass is 10.1. The molecular formula is C14H10ClNO2. The molecule has 0 fully saturated rings. The van der Waals surface area contributed by atoms with E-state index in [0.29, 0.717) is 5.02 Å². The van der Waals surface area contributed by atoms with E-state index in [1.165, 1.54) is 12.1 Å². The minimum Gasteiger partial charge on any atom is -0.258 e. The molecule has 0 aliphatic carbocycles. The van der Waals surface area contributed by atoms with Gasteiger partial charge in [0.2, 0.25) is 0 Å². The van der Waals surface area contributed by atoms with Crippen molar-refractivity contribution in [2.45, 2.75) is 0 Å². The molecule has 2 aromatic carbocycles. The molecule has 0 unspecified atom stereocenters. The number of halogens is 1. The maximum absolute atomic E-state index is 10.6. The molecule has 0 saturated carbocycles. The van der Waals surface area contributed by atoms with E-state index in [1.54, 1.807) is 18.2 Å². The molecule has 3 nitrogen and oxygen atoms in total. The topological polar surface area (TPSA) is 43.1 Å². The number of benzene rings is 2. The number of hydrogen-bond acceptors (Lipinski definition) is 2. The summed E-state index contributed by atoms with van der Waals surface area (Å²) < 4.78 is 0. The smallest absolute Gasteiger partial charge is 0.258 e. The van der Waals surface area contributed by atoms with Gasteiger partial charge in [-0.25, -0.2) is 0 Å². The van der Waals surface area contributed by atoms with Crippen LogP contribution >= 0.6 is 11.6 Å². The first-order valence-corrected chi connectivity index (χ1v) is 5.71. The van der Waals surface area contributed by atoms with E-state index in [9.17, 15) is 10.1 Å². The van der Waals surface area contributed by atoms with Crippen LogP contribution in [0.15, 0.2) is 48.5 Å². The molecule has 0 radical (unpaired) electrons. The summed E-state index contributed by atoms with van der Waals surface area (Å²) in [5.74, 6) is 0. The minimum absolute atomic E-state index is 0.0910. The second-order valence-electron chi connectivity index (χ2n) is 3.74. The van der Waals surface area contributed by atoms with Crippen molar-refractivity contribution in [3.05, 3.63) is 74.8 Å². The van der Waals surface area contributed by atoms with Gasteiger partial charge in [-0.1, -0.05) is 48.0 Å². The van der Waals surface area contributed by atoms with Gasteiger partial charge in [0.25, 0.3) is 5.69 Å². The fourth-order valence-electron chi connectivity index (χ4n) is 1.51. The Morgan fingerprint density at radius 2 is 1.67 bits per heavy atom. The van der Waals surface area contributed by atoms with Crippen molar-refractivity contribution in [1.29, 1.82) is 0 Å². The third-order valence-electron chi connectivity index (χ3n) is 2.42. The molecule has 0 saturated heterocycles. The average molecular weight is 260 g/mol. The van der Waals surface area contributed by atoms with E-state index in [1.807, 2.05) is 30.4 Å². The molecule has 90 valence electrons. The largest absolute Gasteiger partial charge is 0.270 e. The molecule has 0 spiro atoms. The number of nitro benzene ring substituents is 1. The van der Waals surface area contributed by atoms with E-state index < -0.39 is 4.92 Å². The highest BCUT2D eigenvalue weighted by Crippen LogP contribution is 2.16. The van der Waals surface area contributed by atoms with Crippen LogP contribution < -0.4 is 0 Å². The van der Waals surface area contributed by atoms with Crippen molar-refractivity contribution in [3.63, 3.8) is 0 Å². The molecule has 4 heteroatoms. The molecule has 0 aliphatic heterocycles. The van der Waals surface area contributed by atoms with Crippen LogP contribution in [0.25, 0.3) is 12.2 Å². The first-order valence-electron chi connectivity index (χ1n) is 5.33. The van der Waals surface area contributed by atoms with E-state index in [2.05, 4.69) is 0 Å². The maximum Gasteiger partial charge on any atom is 0.270 e. The summed E-state index contributed by atoms with van der Waals surface area (Å²) in [6.07, 6.45) is 3.71. The van der Waals surface area contributed by atoms with Crippen LogP contribution in [0, 0.1) is 10.1 Å². The van der Waals surface area contributed by atoms with Crippen molar-refractivity contribution in [2.75, 3.05) is 0 Å². The standard InChI is InChI=1S/C14H10ClNO2/c15-13-8-6-11(7-9-13)4-5-12-2-1-3-14(10-12)16(17)18/h1-10H/b5-4-. The summed E-state index contributed by atoms with van der Waals surface area (Å²) >= 11 is 5.79. The van der Waals surface area contributed by atoms with Gasteiger partial charge in [0, 0.05) is 17.2 Å². The Morgan fingerprint density at radius 3 is 2.33 bits per heavy atom. The Labute approximate surface area is 109 Å². The molecule has 0 aliphatic rings. The Kier molecular flexibility index (Phi) is 3.75. The van der Waals surface area contributed by atoms with Gasteiger partial charge in [0.1, 0.15) is 0 Å². The Morgan fingerprint density at radius 1 is 1.00 bits per heavy atom. The number of non-ortho nitro benzene ring substituents is 1. The van der Waals surface area contributed by atoms with Crippen molar-refractivity contribution in [2.24, 2.45) is 0 Å². The van der Waals surface area contributed by atoms with Crippen LogP contribution in [0.4, 0.5) is 5.69 Å². The molecule has 2 aromatic rings. The normalized spacial score (nSPS) is 10.7. The first-order chi connectivity index (χ1) is 8.65. The van der Waals surface area contributed by atoms with Crippen LogP contribution in [0.1, 0.15) is 11.1 Å². The molecule has 2 rings (SSSR count). The zero-order valence-corrected chi connectivity index (χ0v) is 10.2. The quantitative estimate of drug-likeness (QED) is 0.465. The number of hydrogen-bond donors (Lipinski definition) is 0. The van der Waals surface area contributed by atoms with Gasteiger partial charge in [0.05, 0.1) is 4.92 Å². The molecule has 0 aromatic heterocycles. The lowest BCUT2D eigenvalue weighted by Gasteiger charge is -1.96. The van der Waals surface area contributed by atoms with Crippen molar-refractivity contribution < 1.29 is 4.92 Å². The fourth-order valence-corrected chi connectivity index (χ4v) is 1.63. The number of nitrogens with zero attached hydrogens (tertiary/aromatic N) is 1. The maximum atomic E-state index is 10.6. The third kappa shape index (κ3) is 3.18. The average Bonchev–Trinajstić information content (AvgIpc) is 2.38. The molecule has 0 amide bonds. The third-order valence-corrected chi connectivity index (χ3v) is 2.67. The second kappa shape index (κ2) is 5.47. The second-order valence-corrected chi connectivity index (χ2v) is 4.17. The predicted molar refractivity (Wildman–Crippen MR) is 73.5 cm³/mol. The zero-order chi connectivity index (χ0) is 13.0. The van der Waals surface area contributed by atoms with Crippen molar-refractivity contribution in [3.8, 4) is 0 Å². The molecule has 0 N–H and O–H groups in total. The molecule has 0 bridgehead atoms. The van der Waals surface area contributed by atoms with Crippen LogP contribution in [0.3, 0.4) is 0 Å². The van der Waals surface area contributed by atoms with Crippen LogP contribution in [0.2, 0.25) is 5.02 Å². The zero-order valence-electron chi connectivity index (χ0n) is 9.42. The van der Waals surface area contributed by atoms with Crippen LogP contribution in [0.5, 0.6) is 0 Å². The highest BCUT2D eigenvalue weighted by atomic mass is 35.5. The highest BCUT2D eigenvalue weighted by molar-refractivity contribution is 6.30. The Hall–Kier alpha value is -2.13. The van der Waals surface area contributed by atoms with Gasteiger partial charge in [-0.3, -0.25) is 10.1 Å². The van der Waals surface area contributed by atoms with Gasteiger partial charge in [0.15, 0.2) is 0 Å². The van der Waals surface area contributed by atoms with Gasteiger partial charge in [-0.05, 0) is 23.3 Å². The first kappa shape index (κ1) is 12.3. The van der Waals surface area contributed by atoms with Gasteiger partial charge < -0.3 is 0 Å². The fraction of sp³-hybridized carbons (Fsp3) is 0. The van der Waals surface area contributed by atoms with Gasteiger partial charge >= 0.3 is 0 Å². The monoisotopic (exact) mass is 259 g/mol. The predicted octanol–water partition coefficient (Wildman–Crippen LogP) is 4.42. The van der Waals surface area contributed by atoms with Gasteiger partial charge in [-0.2, -0.15) is 0 Å². The van der Waals surface area contributed by atoms with Crippen molar-refractivity contribution >= 4 is 29.4 Å². The lowest BCUT2D eigenvalue weighted by Crippen LogP contribution is -1.87. The lowest BCUT2D eigenvalue weighted by molar-refractivity contribution is -0.384. The summed E-state index contributed by atoms with van der Waals surface area (Å²) in [5, 5.41) is 11.3. The van der Waals surface area contributed by atoms with E-state index in [4.69, 9.17) is 11.6 Å². The summed E-state index contributed by atoms with van der Waals surface area (Å²) in [6, 6.07) is 13.9. The summed E-state index contributed by atoms with van der Waals surface area (Å²) in [6.45, 7) is 0. The van der Waals surface area contributed by atoms with Crippen molar-refractivity contribution in [1.82, 2.24) is 0 Å². The van der Waals surface area contributed by atoms with Gasteiger partial charge in [-0.15, -0.1) is 0 Å². The SMILES string of the molecule is O=[N+]([O-])c1cccc(/C=C\c2ccc(Cl)cc2)c1. The Balaban J connectivity index is 2.20. The van der Waals surface area contributed by atoms with Crippen LogP contribution in [-0.2, 0) is 0 Å². The highest BCUT2D eigenvalue weighted by Gasteiger charge is 2.03. The Bertz CT molecular complexity index is 591. The molecule has 18 heavy (non-hydrogen) atoms. The van der Waals surface area contributed by atoms with Crippen LogP contribution in [-0.4, -0.2) is 4.92 Å². The van der Waals surface area contributed by atoms with E-state index in [0.717, 1.165) is 11.1 Å². The minimum atomic E-state index is -0.403. The number of rotatable bonds is 3. The van der Waals surface area contributed by atoms with E-state index >= 15 is 0 Å². The molecular weight excluding hydrogens is 250 g/mol. The molecule has 0 atom stereocenters. The van der Waals surface area contributed by atoms with E-state index in [-0.39, 0.29) is 5.69 Å². The summed E-state index contributed by atoms with van der Waals surface area (Å²) in [5.41, 5.74) is 1.87.